The summed E-state index contributed by atoms with van der Waals surface area (Å²) in [7, 11) is 0. The van der Waals surface area contributed by atoms with Crippen LogP contribution in [0.4, 0.5) is 0 Å². The third-order valence-electron chi connectivity index (χ3n) is 6.59. The fraction of sp³-hybridized carbons (Fsp3) is 0.870. The first-order valence-electron chi connectivity index (χ1n) is 11.1. The lowest BCUT2D eigenvalue weighted by molar-refractivity contribution is -0.137. The maximum atomic E-state index is 11.7. The van der Waals surface area contributed by atoms with Gasteiger partial charge in [-0.3, -0.25) is 0 Å². The second kappa shape index (κ2) is 11.8. The SMILES string of the molecule is CCCCOC(=O)/C=C/C1CCC([C@H]2CC[C@H](CCCC)CC2)CC1. The molecule has 2 saturated carbocycles. The van der Waals surface area contributed by atoms with E-state index in [0.717, 1.165) is 30.6 Å². The number of ether oxygens (including phenoxy) is 1. The molecule has 2 nitrogen and oxygen atoms in total. The van der Waals surface area contributed by atoms with Crippen molar-refractivity contribution in [1.29, 1.82) is 0 Å². The molecule has 2 fully saturated rings. The van der Waals surface area contributed by atoms with Gasteiger partial charge in [0.25, 0.3) is 0 Å². The Labute approximate surface area is 155 Å². The molecule has 0 aromatic rings. The predicted octanol–water partition coefficient (Wildman–Crippen LogP) is 6.69. The van der Waals surface area contributed by atoms with Gasteiger partial charge in [-0.1, -0.05) is 58.4 Å². The first-order chi connectivity index (χ1) is 12.2. The third-order valence-corrected chi connectivity index (χ3v) is 6.59. The van der Waals surface area contributed by atoms with Crippen LogP contribution in [-0.4, -0.2) is 12.6 Å². The summed E-state index contributed by atoms with van der Waals surface area (Å²) in [5, 5.41) is 0. The Bertz CT molecular complexity index is 385. The first-order valence-corrected chi connectivity index (χ1v) is 11.1. The van der Waals surface area contributed by atoms with Crippen LogP contribution in [-0.2, 0) is 9.53 Å². The van der Waals surface area contributed by atoms with Gasteiger partial charge in [-0.15, -0.1) is 0 Å². The zero-order chi connectivity index (χ0) is 17.9. The van der Waals surface area contributed by atoms with Crippen LogP contribution >= 0.6 is 0 Å². The molecule has 0 unspecified atom stereocenters. The van der Waals surface area contributed by atoms with Crippen molar-refractivity contribution in [2.45, 2.75) is 97.3 Å². The van der Waals surface area contributed by atoms with E-state index >= 15 is 0 Å². The molecule has 0 aromatic heterocycles. The Hall–Kier alpha value is -0.790. The molecule has 2 aliphatic rings. The monoisotopic (exact) mass is 348 g/mol. The summed E-state index contributed by atoms with van der Waals surface area (Å²) in [4.78, 5) is 11.7. The minimum Gasteiger partial charge on any atom is -0.463 e. The van der Waals surface area contributed by atoms with Gasteiger partial charge in [0.05, 0.1) is 6.61 Å². The predicted molar refractivity (Wildman–Crippen MR) is 105 cm³/mol. The lowest BCUT2D eigenvalue weighted by Crippen LogP contribution is -2.25. The van der Waals surface area contributed by atoms with E-state index < -0.39 is 0 Å². The lowest BCUT2D eigenvalue weighted by Gasteiger charge is -2.37. The zero-order valence-electron chi connectivity index (χ0n) is 16.7. The molecule has 0 atom stereocenters. The van der Waals surface area contributed by atoms with Crippen molar-refractivity contribution in [3.05, 3.63) is 12.2 Å². The largest absolute Gasteiger partial charge is 0.463 e. The number of unbranched alkanes of at least 4 members (excludes halogenated alkanes) is 2. The number of rotatable bonds is 9. The van der Waals surface area contributed by atoms with Gasteiger partial charge in [0.15, 0.2) is 0 Å². The minimum atomic E-state index is -0.152. The van der Waals surface area contributed by atoms with Crippen LogP contribution in [0.2, 0.25) is 0 Å². The number of carbonyl (C=O) groups excluding carboxylic acids is 1. The van der Waals surface area contributed by atoms with Crippen molar-refractivity contribution in [2.75, 3.05) is 6.61 Å². The van der Waals surface area contributed by atoms with Gasteiger partial charge in [0.2, 0.25) is 0 Å². The van der Waals surface area contributed by atoms with E-state index in [-0.39, 0.29) is 5.97 Å². The van der Waals surface area contributed by atoms with Crippen LogP contribution in [0, 0.1) is 23.7 Å². The van der Waals surface area contributed by atoms with Crippen LogP contribution in [0.3, 0.4) is 0 Å². The molecule has 144 valence electrons. The van der Waals surface area contributed by atoms with E-state index in [1.54, 1.807) is 6.08 Å². The smallest absolute Gasteiger partial charge is 0.330 e. The number of esters is 1. The Morgan fingerprint density at radius 2 is 1.48 bits per heavy atom. The number of carbonyl (C=O) groups is 1. The summed E-state index contributed by atoms with van der Waals surface area (Å²) in [5.74, 6) is 3.40. The molecule has 2 rings (SSSR count). The molecule has 0 radical (unpaired) electrons. The molecule has 0 amide bonds. The van der Waals surface area contributed by atoms with Crippen LogP contribution in [0.1, 0.15) is 97.3 Å². The average Bonchev–Trinajstić information content (AvgIpc) is 2.66. The Morgan fingerprint density at radius 1 is 0.880 bits per heavy atom. The first kappa shape index (κ1) is 20.5. The summed E-state index contributed by atoms with van der Waals surface area (Å²) in [6.45, 7) is 4.98. The summed E-state index contributed by atoms with van der Waals surface area (Å²) >= 11 is 0. The minimum absolute atomic E-state index is 0.152. The number of allylic oxidation sites excluding steroid dienone is 1. The highest BCUT2D eigenvalue weighted by Gasteiger charge is 2.30. The van der Waals surface area contributed by atoms with Crippen molar-refractivity contribution in [3.8, 4) is 0 Å². The highest BCUT2D eigenvalue weighted by Crippen LogP contribution is 2.42. The Morgan fingerprint density at radius 3 is 2.08 bits per heavy atom. The van der Waals surface area contributed by atoms with E-state index in [9.17, 15) is 4.79 Å². The number of hydrogen-bond donors (Lipinski definition) is 0. The summed E-state index contributed by atoms with van der Waals surface area (Å²) in [6, 6.07) is 0. The Balaban J connectivity index is 1.62. The van der Waals surface area contributed by atoms with Crippen molar-refractivity contribution in [1.82, 2.24) is 0 Å². The topological polar surface area (TPSA) is 26.3 Å². The maximum Gasteiger partial charge on any atom is 0.330 e. The van der Waals surface area contributed by atoms with E-state index in [4.69, 9.17) is 4.74 Å². The second-order valence-corrected chi connectivity index (χ2v) is 8.48. The zero-order valence-corrected chi connectivity index (χ0v) is 16.7. The molecule has 25 heavy (non-hydrogen) atoms. The van der Waals surface area contributed by atoms with Crippen LogP contribution in [0.25, 0.3) is 0 Å². The Kier molecular flexibility index (Phi) is 9.65. The molecular formula is C23H40O2. The van der Waals surface area contributed by atoms with Crippen molar-refractivity contribution < 1.29 is 9.53 Å². The maximum absolute atomic E-state index is 11.7. The van der Waals surface area contributed by atoms with Gasteiger partial charge in [0, 0.05) is 6.08 Å². The van der Waals surface area contributed by atoms with Gasteiger partial charge in [-0.25, -0.2) is 4.79 Å². The van der Waals surface area contributed by atoms with Gasteiger partial charge in [-0.05, 0) is 68.6 Å². The fourth-order valence-electron chi connectivity index (χ4n) is 4.83. The van der Waals surface area contributed by atoms with Gasteiger partial charge >= 0.3 is 5.97 Å². The molecule has 0 aliphatic heterocycles. The van der Waals surface area contributed by atoms with Crippen molar-refractivity contribution >= 4 is 5.97 Å². The molecule has 0 N–H and O–H groups in total. The summed E-state index contributed by atoms with van der Waals surface area (Å²) < 4.78 is 5.20. The summed E-state index contributed by atoms with van der Waals surface area (Å²) in [5.41, 5.74) is 0. The average molecular weight is 349 g/mol. The van der Waals surface area contributed by atoms with Gasteiger partial charge in [-0.2, -0.15) is 0 Å². The van der Waals surface area contributed by atoms with E-state index in [2.05, 4.69) is 19.9 Å². The van der Waals surface area contributed by atoms with Crippen LogP contribution in [0.5, 0.6) is 0 Å². The number of hydrogen-bond acceptors (Lipinski definition) is 2. The molecular weight excluding hydrogens is 308 g/mol. The van der Waals surface area contributed by atoms with Gasteiger partial charge in [0.1, 0.15) is 0 Å². The van der Waals surface area contributed by atoms with Crippen LogP contribution < -0.4 is 0 Å². The standard InChI is InChI=1S/C23H40O2/c1-3-5-7-19-8-13-21(14-9-19)22-15-10-20(11-16-22)12-17-23(24)25-18-6-4-2/h12,17,19-22H,3-11,13-16,18H2,1-2H3/b17-12+/t19-,20?,21-,22?. The molecule has 0 spiro atoms. The van der Waals surface area contributed by atoms with Crippen molar-refractivity contribution in [3.63, 3.8) is 0 Å². The van der Waals surface area contributed by atoms with E-state index in [1.165, 1.54) is 70.6 Å². The molecule has 0 heterocycles. The summed E-state index contributed by atoms with van der Waals surface area (Å²) in [6.07, 6.45) is 21.2. The van der Waals surface area contributed by atoms with Crippen molar-refractivity contribution in [2.24, 2.45) is 23.7 Å². The highest BCUT2D eigenvalue weighted by atomic mass is 16.5. The normalized spacial score (nSPS) is 30.5. The molecule has 2 aliphatic carbocycles. The lowest BCUT2D eigenvalue weighted by atomic mass is 9.68. The molecule has 0 bridgehead atoms. The van der Waals surface area contributed by atoms with Gasteiger partial charge < -0.3 is 4.74 Å². The molecule has 0 saturated heterocycles. The fourth-order valence-corrected chi connectivity index (χ4v) is 4.83. The third kappa shape index (κ3) is 7.54. The second-order valence-electron chi connectivity index (χ2n) is 8.48. The van der Waals surface area contributed by atoms with Crippen LogP contribution in [0.15, 0.2) is 12.2 Å². The molecule has 0 aromatic carbocycles. The quantitative estimate of drug-likeness (QED) is 0.263. The molecule has 2 heteroatoms. The highest BCUT2D eigenvalue weighted by molar-refractivity contribution is 5.81. The van der Waals surface area contributed by atoms with E-state index in [1.807, 2.05) is 0 Å². The van der Waals surface area contributed by atoms with E-state index in [0.29, 0.717) is 12.5 Å².